The van der Waals surface area contributed by atoms with E-state index in [0.717, 1.165) is 19.3 Å². The van der Waals surface area contributed by atoms with Crippen LogP contribution in [0.5, 0.6) is 0 Å². The molecule has 0 bridgehead atoms. The van der Waals surface area contributed by atoms with Gasteiger partial charge in [0.1, 0.15) is 6.10 Å². The van der Waals surface area contributed by atoms with Gasteiger partial charge in [-0.3, -0.25) is 0 Å². The second-order valence-electron chi connectivity index (χ2n) is 4.98. The largest absolute Gasteiger partial charge is 0.343 e. The van der Waals surface area contributed by atoms with Crippen molar-refractivity contribution >= 4 is 0 Å². The zero-order valence-electron chi connectivity index (χ0n) is 10.2. The Morgan fingerprint density at radius 2 is 2.00 bits per heavy atom. The van der Waals surface area contributed by atoms with Crippen LogP contribution in [0.3, 0.4) is 0 Å². The van der Waals surface area contributed by atoms with Gasteiger partial charge < -0.3 is 9.47 Å². The number of hydrogen-bond donors (Lipinski definition) is 0. The monoisotopic (exact) mass is 210 g/mol. The van der Waals surface area contributed by atoms with E-state index in [2.05, 4.69) is 33.8 Å². The predicted octanol–water partition coefficient (Wildman–Crippen LogP) is 3.27. The Kier molecular flexibility index (Phi) is 2.91. The Morgan fingerprint density at radius 1 is 1.33 bits per heavy atom. The first kappa shape index (κ1) is 11.2. The minimum Gasteiger partial charge on any atom is -0.343 e. The summed E-state index contributed by atoms with van der Waals surface area (Å²) in [6, 6.07) is 0. The summed E-state index contributed by atoms with van der Waals surface area (Å²) in [5.41, 5.74) is 1.44. The molecule has 1 saturated heterocycles. The maximum atomic E-state index is 6.15. The number of hydrogen-bond acceptors (Lipinski definition) is 2. The summed E-state index contributed by atoms with van der Waals surface area (Å²) >= 11 is 0. The second-order valence-corrected chi connectivity index (χ2v) is 4.98. The van der Waals surface area contributed by atoms with Gasteiger partial charge in [0.15, 0.2) is 5.79 Å². The van der Waals surface area contributed by atoms with Crippen LogP contribution in [0.4, 0.5) is 0 Å². The van der Waals surface area contributed by atoms with Crippen LogP contribution in [-0.4, -0.2) is 18.0 Å². The molecular weight excluding hydrogens is 188 g/mol. The topological polar surface area (TPSA) is 18.5 Å². The van der Waals surface area contributed by atoms with Crippen LogP contribution in [-0.2, 0) is 9.47 Å². The van der Waals surface area contributed by atoms with Crippen molar-refractivity contribution in [3.63, 3.8) is 0 Å². The molecule has 0 N–H and O–H groups in total. The second kappa shape index (κ2) is 3.91. The highest BCUT2D eigenvalue weighted by atomic mass is 16.8. The summed E-state index contributed by atoms with van der Waals surface area (Å²) in [5.74, 6) is 0.269. The maximum Gasteiger partial charge on any atom is 0.169 e. The third kappa shape index (κ3) is 1.85. The van der Waals surface area contributed by atoms with Gasteiger partial charge in [0, 0.05) is 0 Å². The molecule has 0 unspecified atom stereocenters. The summed E-state index contributed by atoms with van der Waals surface area (Å²) in [7, 11) is 0. The normalized spacial score (nSPS) is 38.7. The van der Waals surface area contributed by atoms with Crippen molar-refractivity contribution in [3.05, 3.63) is 11.6 Å². The van der Waals surface area contributed by atoms with Gasteiger partial charge in [0.05, 0.1) is 6.10 Å². The van der Waals surface area contributed by atoms with E-state index >= 15 is 0 Å². The molecule has 3 atom stereocenters. The van der Waals surface area contributed by atoms with Crippen LogP contribution in [0.2, 0.25) is 0 Å². The lowest BCUT2D eigenvalue weighted by atomic mass is 9.87. The minimum absolute atomic E-state index is 0.189. The van der Waals surface area contributed by atoms with Gasteiger partial charge in [-0.1, -0.05) is 32.4 Å². The van der Waals surface area contributed by atoms with Gasteiger partial charge in [0.25, 0.3) is 0 Å². The molecule has 0 radical (unpaired) electrons. The Hall–Kier alpha value is -0.340. The molecule has 2 heteroatoms. The molecule has 1 aliphatic heterocycles. The molecule has 0 spiro atoms. The zero-order chi connectivity index (χ0) is 11.1. The summed E-state index contributed by atoms with van der Waals surface area (Å²) < 4.78 is 12.2. The highest BCUT2D eigenvalue weighted by Gasteiger charge is 2.47. The van der Waals surface area contributed by atoms with E-state index in [1.54, 1.807) is 0 Å². The van der Waals surface area contributed by atoms with Crippen molar-refractivity contribution < 1.29 is 9.47 Å². The average molecular weight is 210 g/mol. The first-order valence-corrected chi connectivity index (χ1v) is 6.13. The van der Waals surface area contributed by atoms with Gasteiger partial charge in [0.2, 0.25) is 0 Å². The first-order valence-electron chi connectivity index (χ1n) is 6.13. The fourth-order valence-corrected chi connectivity index (χ4v) is 2.78. The molecule has 1 aliphatic carbocycles. The summed E-state index contributed by atoms with van der Waals surface area (Å²) in [5, 5.41) is 0. The molecule has 2 nitrogen and oxygen atoms in total. The fraction of sp³-hybridized carbons (Fsp3) is 0.846. The quantitative estimate of drug-likeness (QED) is 0.651. The maximum absolute atomic E-state index is 6.15. The molecule has 0 aromatic heterocycles. The van der Waals surface area contributed by atoms with Crippen molar-refractivity contribution in [1.82, 2.24) is 0 Å². The van der Waals surface area contributed by atoms with E-state index in [1.165, 1.54) is 5.57 Å². The van der Waals surface area contributed by atoms with Gasteiger partial charge in [-0.05, 0) is 32.1 Å². The molecule has 2 rings (SSSR count). The van der Waals surface area contributed by atoms with E-state index in [1.807, 2.05) is 0 Å². The lowest BCUT2D eigenvalue weighted by Crippen LogP contribution is -2.32. The fourth-order valence-electron chi connectivity index (χ4n) is 2.78. The van der Waals surface area contributed by atoms with E-state index < -0.39 is 0 Å². The number of ether oxygens (including phenoxy) is 2. The van der Waals surface area contributed by atoms with Gasteiger partial charge >= 0.3 is 0 Å². The van der Waals surface area contributed by atoms with Gasteiger partial charge in [-0.25, -0.2) is 0 Å². The van der Waals surface area contributed by atoms with Gasteiger partial charge in [-0.15, -0.1) is 0 Å². The Balaban J connectivity index is 2.19. The third-order valence-corrected chi connectivity index (χ3v) is 3.76. The number of fused-ring (bicyclic) bond motifs is 1. The molecule has 0 amide bonds. The standard InChI is InChI=1S/C13H22O2/c1-5-13(6-2)14-11-8-9(3)7-10(4)12(11)15-13/h8,10-12H,5-7H2,1-4H3/t10-,11-,12+/m1/s1. The van der Waals surface area contributed by atoms with E-state index in [4.69, 9.17) is 9.47 Å². The van der Waals surface area contributed by atoms with Crippen LogP contribution < -0.4 is 0 Å². The van der Waals surface area contributed by atoms with Crippen molar-refractivity contribution in [1.29, 1.82) is 0 Å². The molecular formula is C13H22O2. The van der Waals surface area contributed by atoms with Crippen LogP contribution in [0, 0.1) is 5.92 Å². The Labute approximate surface area is 92.6 Å². The molecule has 86 valence electrons. The van der Waals surface area contributed by atoms with Crippen molar-refractivity contribution in [2.24, 2.45) is 5.92 Å². The predicted molar refractivity (Wildman–Crippen MR) is 60.6 cm³/mol. The molecule has 1 heterocycles. The number of allylic oxidation sites excluding steroid dienone is 1. The molecule has 1 fully saturated rings. The molecule has 0 aromatic carbocycles. The number of rotatable bonds is 2. The molecule has 2 aliphatic rings. The average Bonchev–Trinajstić information content (AvgIpc) is 2.58. The van der Waals surface area contributed by atoms with E-state index in [0.29, 0.717) is 5.92 Å². The summed E-state index contributed by atoms with van der Waals surface area (Å²) in [6.07, 6.45) is 5.74. The third-order valence-electron chi connectivity index (χ3n) is 3.76. The van der Waals surface area contributed by atoms with E-state index in [9.17, 15) is 0 Å². The zero-order valence-corrected chi connectivity index (χ0v) is 10.2. The smallest absolute Gasteiger partial charge is 0.169 e. The highest BCUT2D eigenvalue weighted by Crippen LogP contribution is 2.41. The highest BCUT2D eigenvalue weighted by molar-refractivity contribution is 5.13. The lowest BCUT2D eigenvalue weighted by molar-refractivity contribution is -0.179. The van der Waals surface area contributed by atoms with Crippen molar-refractivity contribution in [2.75, 3.05) is 0 Å². The van der Waals surface area contributed by atoms with Crippen LogP contribution in [0.15, 0.2) is 11.6 Å². The summed E-state index contributed by atoms with van der Waals surface area (Å²) in [6.45, 7) is 8.73. The summed E-state index contributed by atoms with van der Waals surface area (Å²) in [4.78, 5) is 0. The van der Waals surface area contributed by atoms with Crippen LogP contribution in [0.25, 0.3) is 0 Å². The van der Waals surface area contributed by atoms with E-state index in [-0.39, 0.29) is 18.0 Å². The van der Waals surface area contributed by atoms with Crippen LogP contribution >= 0.6 is 0 Å². The molecule has 15 heavy (non-hydrogen) atoms. The molecule has 0 saturated carbocycles. The Morgan fingerprint density at radius 3 is 2.60 bits per heavy atom. The minimum atomic E-state index is -0.315. The first-order chi connectivity index (χ1) is 7.10. The van der Waals surface area contributed by atoms with Gasteiger partial charge in [-0.2, -0.15) is 0 Å². The molecule has 0 aromatic rings. The lowest BCUT2D eigenvalue weighted by Gasteiger charge is -2.27. The van der Waals surface area contributed by atoms with Crippen molar-refractivity contribution in [2.45, 2.75) is 65.0 Å². The van der Waals surface area contributed by atoms with Crippen molar-refractivity contribution in [3.8, 4) is 0 Å². The SMILES string of the molecule is CCC1(CC)O[C@H]2[C@H](C)CC(C)=C[C@H]2O1. The van der Waals surface area contributed by atoms with Crippen LogP contribution in [0.1, 0.15) is 47.0 Å². The Bertz CT molecular complexity index is 266.